The molecule has 1 heterocycles. The minimum absolute atomic E-state index is 0.501. The van der Waals surface area contributed by atoms with Gasteiger partial charge in [0.2, 0.25) is 0 Å². The highest BCUT2D eigenvalue weighted by molar-refractivity contribution is 7.99. The molecule has 1 aliphatic rings. The highest BCUT2D eigenvalue weighted by Crippen LogP contribution is 2.29. The summed E-state index contributed by atoms with van der Waals surface area (Å²) in [7, 11) is 0. The maximum absolute atomic E-state index is 5.44. The molecule has 0 saturated heterocycles. The van der Waals surface area contributed by atoms with Gasteiger partial charge in [-0.05, 0) is 31.8 Å². The van der Waals surface area contributed by atoms with E-state index in [0.29, 0.717) is 11.9 Å². The van der Waals surface area contributed by atoms with Crippen LogP contribution in [0, 0.1) is 0 Å². The number of hydrazine groups is 1. The Bertz CT molecular complexity index is 393. The zero-order valence-electron chi connectivity index (χ0n) is 11.3. The van der Waals surface area contributed by atoms with Crippen LogP contribution in [0.5, 0.6) is 0 Å². The molecular formula is C12H21N5S2. The van der Waals surface area contributed by atoms with Crippen LogP contribution in [-0.4, -0.2) is 33.8 Å². The molecule has 1 aromatic rings. The minimum Gasteiger partial charge on any atom is -0.367 e. The molecule has 2 rings (SSSR count). The number of nitrogen functional groups attached to an aromatic ring is 1. The molecule has 1 saturated carbocycles. The van der Waals surface area contributed by atoms with Crippen molar-refractivity contribution >= 4 is 35.2 Å². The van der Waals surface area contributed by atoms with Crippen molar-refractivity contribution in [3.8, 4) is 0 Å². The second kappa shape index (κ2) is 7.21. The molecule has 0 aliphatic heterocycles. The summed E-state index contributed by atoms with van der Waals surface area (Å²) in [5, 5.41) is 5.02. The van der Waals surface area contributed by atoms with E-state index in [1.807, 2.05) is 24.1 Å². The van der Waals surface area contributed by atoms with Crippen LogP contribution in [0.4, 0.5) is 11.6 Å². The first kappa shape index (κ1) is 14.7. The number of nitrogens with zero attached hydrogens (tertiary/aromatic N) is 2. The third-order valence-electron chi connectivity index (χ3n) is 3.35. The van der Waals surface area contributed by atoms with E-state index in [1.165, 1.54) is 37.4 Å². The lowest BCUT2D eigenvalue weighted by atomic mass is 9.95. The molecule has 19 heavy (non-hydrogen) atoms. The minimum atomic E-state index is 0.501. The van der Waals surface area contributed by atoms with Gasteiger partial charge in [0, 0.05) is 17.4 Å². The molecule has 4 N–H and O–H groups in total. The lowest BCUT2D eigenvalue weighted by Crippen LogP contribution is -2.29. The number of nitrogens with two attached hydrogens (primary N) is 1. The van der Waals surface area contributed by atoms with Crippen LogP contribution >= 0.6 is 23.5 Å². The van der Waals surface area contributed by atoms with E-state index >= 15 is 0 Å². The first-order chi connectivity index (χ1) is 9.25. The van der Waals surface area contributed by atoms with Gasteiger partial charge in [0.1, 0.15) is 11.6 Å². The molecule has 1 fully saturated rings. The van der Waals surface area contributed by atoms with E-state index < -0.39 is 0 Å². The molecule has 1 aromatic heterocycles. The average molecular weight is 299 g/mol. The molecule has 0 bridgehead atoms. The van der Waals surface area contributed by atoms with E-state index in [2.05, 4.69) is 27.0 Å². The lowest BCUT2D eigenvalue weighted by Gasteiger charge is -2.29. The number of hydrogen-bond donors (Lipinski definition) is 3. The van der Waals surface area contributed by atoms with Crippen molar-refractivity contribution in [3.63, 3.8) is 0 Å². The zero-order chi connectivity index (χ0) is 13.7. The Morgan fingerprint density at radius 2 is 2.05 bits per heavy atom. The van der Waals surface area contributed by atoms with Crippen molar-refractivity contribution in [3.05, 3.63) is 6.07 Å². The van der Waals surface area contributed by atoms with Crippen LogP contribution in [0.3, 0.4) is 0 Å². The standard InChI is InChI=1S/C12H21N5S2/c1-18-9-5-3-4-8(6-9)14-10-7-11(17-13)16-12(15-10)19-2/h7-9H,3-6,13H2,1-2H3,(H2,14,15,16,17). The second-order valence-electron chi connectivity index (χ2n) is 4.64. The van der Waals surface area contributed by atoms with Gasteiger partial charge in [0.15, 0.2) is 5.16 Å². The lowest BCUT2D eigenvalue weighted by molar-refractivity contribution is 0.472. The van der Waals surface area contributed by atoms with Gasteiger partial charge >= 0.3 is 0 Å². The van der Waals surface area contributed by atoms with Crippen LogP contribution in [0.25, 0.3) is 0 Å². The summed E-state index contributed by atoms with van der Waals surface area (Å²) in [6, 6.07) is 2.36. The Labute approximate surface area is 122 Å². The van der Waals surface area contributed by atoms with Gasteiger partial charge < -0.3 is 10.7 Å². The van der Waals surface area contributed by atoms with Gasteiger partial charge in [-0.1, -0.05) is 18.2 Å². The molecule has 0 spiro atoms. The largest absolute Gasteiger partial charge is 0.367 e. The summed E-state index contributed by atoms with van der Waals surface area (Å²) in [5.74, 6) is 6.95. The highest BCUT2D eigenvalue weighted by atomic mass is 32.2. The summed E-state index contributed by atoms with van der Waals surface area (Å²) in [6.07, 6.45) is 9.18. The van der Waals surface area contributed by atoms with Crippen LogP contribution in [0.1, 0.15) is 25.7 Å². The fraction of sp³-hybridized carbons (Fsp3) is 0.667. The number of aromatic nitrogens is 2. The molecule has 0 radical (unpaired) electrons. The summed E-state index contributed by atoms with van der Waals surface area (Å²) < 4.78 is 0. The SMILES string of the molecule is CSc1nc(NN)cc(NC2CCCC(SC)C2)n1. The smallest absolute Gasteiger partial charge is 0.191 e. The third kappa shape index (κ3) is 4.15. The monoisotopic (exact) mass is 299 g/mol. The van der Waals surface area contributed by atoms with Gasteiger partial charge in [-0.15, -0.1) is 0 Å². The van der Waals surface area contributed by atoms with Crippen LogP contribution in [0.2, 0.25) is 0 Å². The predicted octanol–water partition coefficient (Wildman–Crippen LogP) is 2.57. The van der Waals surface area contributed by atoms with E-state index in [0.717, 1.165) is 16.2 Å². The van der Waals surface area contributed by atoms with E-state index in [1.54, 1.807) is 0 Å². The normalized spacial score (nSPS) is 23.1. The molecule has 2 atom stereocenters. The molecule has 1 aliphatic carbocycles. The molecule has 0 aromatic carbocycles. The molecule has 2 unspecified atom stereocenters. The van der Waals surface area contributed by atoms with Crippen molar-refractivity contribution in [2.24, 2.45) is 5.84 Å². The maximum Gasteiger partial charge on any atom is 0.191 e. The maximum atomic E-state index is 5.44. The third-order valence-corrected chi connectivity index (χ3v) is 4.99. The van der Waals surface area contributed by atoms with Gasteiger partial charge in [0.25, 0.3) is 0 Å². The molecule has 106 valence electrons. The van der Waals surface area contributed by atoms with Crippen molar-refractivity contribution in [2.75, 3.05) is 23.3 Å². The number of anilines is 2. The van der Waals surface area contributed by atoms with Gasteiger partial charge in [-0.3, -0.25) is 0 Å². The zero-order valence-corrected chi connectivity index (χ0v) is 13.0. The molecular weight excluding hydrogens is 278 g/mol. The fourth-order valence-corrected chi connectivity index (χ4v) is 3.57. The Morgan fingerprint density at radius 3 is 2.74 bits per heavy atom. The first-order valence-electron chi connectivity index (χ1n) is 6.44. The number of rotatable bonds is 5. The number of nitrogens with one attached hydrogen (secondary N) is 2. The van der Waals surface area contributed by atoms with Crippen molar-refractivity contribution < 1.29 is 0 Å². The number of thioether (sulfide) groups is 2. The second-order valence-corrected chi connectivity index (χ2v) is 6.55. The van der Waals surface area contributed by atoms with Crippen molar-refractivity contribution in [2.45, 2.75) is 42.1 Å². The topological polar surface area (TPSA) is 75.9 Å². The molecule has 7 heteroatoms. The Hall–Kier alpha value is -0.660. The Balaban J connectivity index is 2.05. The predicted molar refractivity (Wildman–Crippen MR) is 84.8 cm³/mol. The van der Waals surface area contributed by atoms with Gasteiger partial charge in [0.05, 0.1) is 0 Å². The van der Waals surface area contributed by atoms with Crippen molar-refractivity contribution in [1.82, 2.24) is 9.97 Å². The average Bonchev–Trinajstić information content (AvgIpc) is 2.47. The Kier molecular flexibility index (Phi) is 5.59. The fourth-order valence-electron chi connectivity index (χ4n) is 2.36. The van der Waals surface area contributed by atoms with E-state index in [4.69, 9.17) is 5.84 Å². The summed E-state index contributed by atoms with van der Waals surface area (Å²) in [5.41, 5.74) is 2.59. The van der Waals surface area contributed by atoms with Crippen LogP contribution in [-0.2, 0) is 0 Å². The highest BCUT2D eigenvalue weighted by Gasteiger charge is 2.21. The number of hydrogen-bond acceptors (Lipinski definition) is 7. The molecule has 0 amide bonds. The summed E-state index contributed by atoms with van der Waals surface area (Å²) in [4.78, 5) is 8.75. The van der Waals surface area contributed by atoms with E-state index in [-0.39, 0.29) is 0 Å². The molecule has 5 nitrogen and oxygen atoms in total. The van der Waals surface area contributed by atoms with Crippen LogP contribution < -0.4 is 16.6 Å². The first-order valence-corrected chi connectivity index (χ1v) is 8.95. The summed E-state index contributed by atoms with van der Waals surface area (Å²) in [6.45, 7) is 0. The van der Waals surface area contributed by atoms with E-state index in [9.17, 15) is 0 Å². The van der Waals surface area contributed by atoms with Crippen LogP contribution in [0.15, 0.2) is 11.2 Å². The summed E-state index contributed by atoms with van der Waals surface area (Å²) >= 11 is 3.48. The quantitative estimate of drug-likeness (QED) is 0.334. The van der Waals surface area contributed by atoms with Gasteiger partial charge in [-0.25, -0.2) is 15.8 Å². The Morgan fingerprint density at radius 1 is 1.26 bits per heavy atom. The van der Waals surface area contributed by atoms with Gasteiger partial charge in [-0.2, -0.15) is 11.8 Å². The van der Waals surface area contributed by atoms with Crippen molar-refractivity contribution in [1.29, 1.82) is 0 Å².